The third-order valence-electron chi connectivity index (χ3n) is 2.84. The summed E-state index contributed by atoms with van der Waals surface area (Å²) in [5.74, 6) is 1.20. The van der Waals surface area contributed by atoms with Crippen molar-refractivity contribution in [2.24, 2.45) is 0 Å². The van der Waals surface area contributed by atoms with Crippen LogP contribution in [0.5, 0.6) is 11.5 Å². The zero-order valence-corrected chi connectivity index (χ0v) is 11.1. The van der Waals surface area contributed by atoms with E-state index in [0.29, 0.717) is 18.0 Å². The molecule has 2 aromatic rings. The number of anilines is 1. The van der Waals surface area contributed by atoms with Crippen LogP contribution in [0.3, 0.4) is 0 Å². The van der Waals surface area contributed by atoms with E-state index in [4.69, 9.17) is 15.2 Å². The number of nitrogens with zero attached hydrogens (tertiary/aromatic N) is 3. The Bertz CT molecular complexity index is 638. The second-order valence-corrected chi connectivity index (χ2v) is 4.02. The van der Waals surface area contributed by atoms with Crippen LogP contribution < -0.4 is 15.2 Å². The third kappa shape index (κ3) is 2.48. The van der Waals surface area contributed by atoms with Crippen molar-refractivity contribution in [3.05, 3.63) is 40.1 Å². The van der Waals surface area contributed by atoms with Gasteiger partial charge in [-0.3, -0.25) is 10.1 Å². The van der Waals surface area contributed by atoms with Gasteiger partial charge in [-0.2, -0.15) is 5.10 Å². The van der Waals surface area contributed by atoms with Crippen molar-refractivity contribution in [3.8, 4) is 11.5 Å². The molecule has 0 amide bonds. The quantitative estimate of drug-likeness (QED) is 0.655. The first kappa shape index (κ1) is 13.7. The Morgan fingerprint density at radius 1 is 1.35 bits per heavy atom. The second-order valence-electron chi connectivity index (χ2n) is 4.02. The van der Waals surface area contributed by atoms with E-state index in [0.717, 1.165) is 11.8 Å². The van der Waals surface area contributed by atoms with Gasteiger partial charge in [0.2, 0.25) is 5.82 Å². The molecule has 1 aromatic carbocycles. The van der Waals surface area contributed by atoms with Crippen LogP contribution in [0.2, 0.25) is 0 Å². The van der Waals surface area contributed by atoms with E-state index in [1.165, 1.54) is 11.8 Å². The summed E-state index contributed by atoms with van der Waals surface area (Å²) in [5, 5.41) is 14.6. The highest BCUT2D eigenvalue weighted by Crippen LogP contribution is 2.28. The van der Waals surface area contributed by atoms with Gasteiger partial charge in [-0.25, -0.2) is 4.68 Å². The average Bonchev–Trinajstić information content (AvgIpc) is 2.80. The molecule has 8 heteroatoms. The predicted octanol–water partition coefficient (Wildman–Crippen LogP) is 1.44. The van der Waals surface area contributed by atoms with Crippen LogP contribution in [-0.4, -0.2) is 28.9 Å². The van der Waals surface area contributed by atoms with Crippen LogP contribution in [0.15, 0.2) is 24.4 Å². The maximum absolute atomic E-state index is 10.7. The zero-order chi connectivity index (χ0) is 14.7. The average molecular weight is 278 g/mol. The standard InChI is InChI=1S/C12H14N4O4/c1-19-10-4-3-8(5-11(10)20-2)7-15-12(13)9(6-14-15)16(17)18/h3-6H,7,13H2,1-2H3. The Labute approximate surface area is 114 Å². The molecule has 2 N–H and O–H groups in total. The highest BCUT2D eigenvalue weighted by molar-refractivity contribution is 5.51. The molecule has 0 spiro atoms. The second kappa shape index (κ2) is 5.47. The van der Waals surface area contributed by atoms with Crippen molar-refractivity contribution in [3.63, 3.8) is 0 Å². The number of benzene rings is 1. The molecule has 1 aromatic heterocycles. The van der Waals surface area contributed by atoms with Gasteiger partial charge in [0.1, 0.15) is 6.20 Å². The topological polar surface area (TPSA) is 105 Å². The molecule has 20 heavy (non-hydrogen) atoms. The number of methoxy groups -OCH3 is 2. The Morgan fingerprint density at radius 2 is 2.05 bits per heavy atom. The maximum Gasteiger partial charge on any atom is 0.330 e. The molecular formula is C12H14N4O4. The van der Waals surface area contributed by atoms with Gasteiger partial charge in [0.15, 0.2) is 11.5 Å². The predicted molar refractivity (Wildman–Crippen MR) is 71.9 cm³/mol. The van der Waals surface area contributed by atoms with Gasteiger partial charge in [0.05, 0.1) is 25.7 Å². The fourth-order valence-corrected chi connectivity index (χ4v) is 1.80. The molecule has 0 aliphatic rings. The van der Waals surface area contributed by atoms with Crippen LogP contribution in [0.4, 0.5) is 11.5 Å². The fourth-order valence-electron chi connectivity index (χ4n) is 1.80. The highest BCUT2D eigenvalue weighted by Gasteiger charge is 2.17. The minimum Gasteiger partial charge on any atom is -0.493 e. The van der Waals surface area contributed by atoms with Crippen molar-refractivity contribution in [2.75, 3.05) is 20.0 Å². The number of hydrogen-bond donors (Lipinski definition) is 1. The monoisotopic (exact) mass is 278 g/mol. The first-order chi connectivity index (χ1) is 9.56. The Kier molecular flexibility index (Phi) is 3.74. The third-order valence-corrected chi connectivity index (χ3v) is 2.84. The number of rotatable bonds is 5. The van der Waals surface area contributed by atoms with E-state index >= 15 is 0 Å². The molecule has 0 fully saturated rings. The molecule has 8 nitrogen and oxygen atoms in total. The number of hydrogen-bond acceptors (Lipinski definition) is 6. The van der Waals surface area contributed by atoms with Crippen LogP contribution in [0.1, 0.15) is 5.56 Å². The van der Waals surface area contributed by atoms with Crippen molar-refractivity contribution < 1.29 is 14.4 Å². The summed E-state index contributed by atoms with van der Waals surface area (Å²) in [7, 11) is 3.08. The van der Waals surface area contributed by atoms with E-state index in [1.807, 2.05) is 6.07 Å². The molecular weight excluding hydrogens is 264 g/mol. The van der Waals surface area contributed by atoms with E-state index in [9.17, 15) is 10.1 Å². The molecule has 0 bridgehead atoms. The normalized spacial score (nSPS) is 10.3. The fraction of sp³-hybridized carbons (Fsp3) is 0.250. The lowest BCUT2D eigenvalue weighted by Crippen LogP contribution is -2.07. The molecule has 0 atom stereocenters. The van der Waals surface area contributed by atoms with Crippen LogP contribution in [0, 0.1) is 10.1 Å². The Morgan fingerprint density at radius 3 is 2.60 bits per heavy atom. The molecule has 2 rings (SSSR count). The number of nitrogens with two attached hydrogens (primary N) is 1. The summed E-state index contributed by atoms with van der Waals surface area (Å²) in [6, 6.07) is 5.34. The lowest BCUT2D eigenvalue weighted by atomic mass is 10.2. The number of nitro groups is 1. The minimum atomic E-state index is -0.562. The van der Waals surface area contributed by atoms with Gasteiger partial charge >= 0.3 is 5.69 Å². The molecule has 0 saturated heterocycles. The summed E-state index contributed by atoms with van der Waals surface area (Å²) < 4.78 is 11.7. The number of nitrogen functional groups attached to an aromatic ring is 1. The zero-order valence-electron chi connectivity index (χ0n) is 11.1. The number of ether oxygens (including phenoxy) is 2. The van der Waals surface area contributed by atoms with E-state index in [-0.39, 0.29) is 11.5 Å². The summed E-state index contributed by atoms with van der Waals surface area (Å²) in [6.45, 7) is 0.306. The summed E-state index contributed by atoms with van der Waals surface area (Å²) in [4.78, 5) is 10.1. The van der Waals surface area contributed by atoms with Gasteiger partial charge in [0.25, 0.3) is 0 Å². The summed E-state index contributed by atoms with van der Waals surface area (Å²) >= 11 is 0. The largest absolute Gasteiger partial charge is 0.493 e. The SMILES string of the molecule is COc1ccc(Cn2ncc([N+](=O)[O-])c2N)cc1OC. The van der Waals surface area contributed by atoms with Crippen molar-refractivity contribution >= 4 is 11.5 Å². The van der Waals surface area contributed by atoms with Gasteiger partial charge in [-0.15, -0.1) is 0 Å². The van der Waals surface area contributed by atoms with Gasteiger partial charge in [-0.05, 0) is 17.7 Å². The van der Waals surface area contributed by atoms with E-state index in [2.05, 4.69) is 5.10 Å². The molecule has 0 saturated carbocycles. The van der Waals surface area contributed by atoms with Crippen LogP contribution in [-0.2, 0) is 6.54 Å². The van der Waals surface area contributed by atoms with Crippen molar-refractivity contribution in [1.29, 1.82) is 0 Å². The molecule has 0 aliphatic carbocycles. The molecule has 106 valence electrons. The Hall–Kier alpha value is -2.77. The molecule has 0 radical (unpaired) electrons. The van der Waals surface area contributed by atoms with Gasteiger partial charge in [-0.1, -0.05) is 6.07 Å². The highest BCUT2D eigenvalue weighted by atomic mass is 16.6. The van der Waals surface area contributed by atoms with E-state index < -0.39 is 4.92 Å². The molecule has 0 unspecified atom stereocenters. The van der Waals surface area contributed by atoms with Crippen molar-refractivity contribution in [1.82, 2.24) is 9.78 Å². The summed E-state index contributed by atoms with van der Waals surface area (Å²) in [5.41, 5.74) is 6.32. The first-order valence-electron chi connectivity index (χ1n) is 5.73. The van der Waals surface area contributed by atoms with Crippen LogP contribution >= 0.6 is 0 Å². The van der Waals surface area contributed by atoms with E-state index in [1.54, 1.807) is 19.2 Å². The summed E-state index contributed by atoms with van der Waals surface area (Å²) in [6.07, 6.45) is 1.14. The lowest BCUT2D eigenvalue weighted by molar-refractivity contribution is -0.384. The lowest BCUT2D eigenvalue weighted by Gasteiger charge is -2.10. The minimum absolute atomic E-state index is 0.0183. The first-order valence-corrected chi connectivity index (χ1v) is 5.73. The maximum atomic E-state index is 10.7. The van der Waals surface area contributed by atoms with Gasteiger partial charge in [0, 0.05) is 0 Å². The Balaban J connectivity index is 2.28. The molecule has 1 heterocycles. The molecule has 0 aliphatic heterocycles. The van der Waals surface area contributed by atoms with Gasteiger partial charge < -0.3 is 15.2 Å². The smallest absolute Gasteiger partial charge is 0.330 e. The number of aromatic nitrogens is 2. The van der Waals surface area contributed by atoms with Crippen LogP contribution in [0.25, 0.3) is 0 Å². The van der Waals surface area contributed by atoms with Crippen molar-refractivity contribution in [2.45, 2.75) is 6.54 Å².